The zero-order chi connectivity index (χ0) is 15.8. The lowest BCUT2D eigenvalue weighted by Crippen LogP contribution is -2.09. The number of anilines is 1. The van der Waals surface area contributed by atoms with E-state index in [-0.39, 0.29) is 5.97 Å². The lowest BCUT2D eigenvalue weighted by molar-refractivity contribution is -0.136. The van der Waals surface area contributed by atoms with Crippen LogP contribution in [0.1, 0.15) is 25.1 Å². The average Bonchev–Trinajstić information content (AvgIpc) is 2.56. The summed E-state index contributed by atoms with van der Waals surface area (Å²) in [5, 5.41) is 3.08. The maximum absolute atomic E-state index is 12.1. The van der Waals surface area contributed by atoms with Gasteiger partial charge in [0.15, 0.2) is 0 Å². The van der Waals surface area contributed by atoms with Crippen molar-refractivity contribution < 1.29 is 9.53 Å². The van der Waals surface area contributed by atoms with Crippen molar-refractivity contribution in [1.82, 2.24) is 4.98 Å². The Bertz CT molecular complexity index is 651. The Hall–Kier alpha value is -2.62. The highest BCUT2D eigenvalue weighted by Crippen LogP contribution is 2.16. The molecule has 1 N–H and O–H groups in total. The molecule has 4 heteroatoms. The minimum absolute atomic E-state index is 0.340. The molecule has 0 saturated carbocycles. The lowest BCUT2D eigenvalue weighted by Gasteiger charge is -2.08. The van der Waals surface area contributed by atoms with E-state index in [1.54, 1.807) is 13.1 Å². The highest BCUT2D eigenvalue weighted by Gasteiger charge is 2.12. The van der Waals surface area contributed by atoms with Gasteiger partial charge in [-0.1, -0.05) is 43.3 Å². The SMILES string of the molecule is CCOC(=O)/C(=C\Nc1cccc(CC)n1)c1ccccc1. The Labute approximate surface area is 130 Å². The monoisotopic (exact) mass is 296 g/mol. The molecule has 114 valence electrons. The first-order valence-electron chi connectivity index (χ1n) is 7.39. The van der Waals surface area contributed by atoms with Crippen molar-refractivity contribution in [1.29, 1.82) is 0 Å². The minimum atomic E-state index is -0.354. The zero-order valence-corrected chi connectivity index (χ0v) is 12.9. The number of nitrogens with one attached hydrogen (secondary N) is 1. The number of nitrogens with zero attached hydrogens (tertiary/aromatic N) is 1. The second-order valence-corrected chi connectivity index (χ2v) is 4.66. The van der Waals surface area contributed by atoms with Gasteiger partial charge >= 0.3 is 5.97 Å². The molecule has 0 spiro atoms. The van der Waals surface area contributed by atoms with E-state index in [4.69, 9.17) is 4.74 Å². The van der Waals surface area contributed by atoms with Crippen molar-refractivity contribution >= 4 is 17.4 Å². The van der Waals surface area contributed by atoms with Gasteiger partial charge < -0.3 is 10.1 Å². The van der Waals surface area contributed by atoms with Crippen molar-refractivity contribution in [3.05, 3.63) is 66.0 Å². The molecule has 2 aromatic rings. The van der Waals surface area contributed by atoms with E-state index in [0.717, 1.165) is 17.7 Å². The first kappa shape index (κ1) is 15.8. The van der Waals surface area contributed by atoms with Crippen molar-refractivity contribution in [2.24, 2.45) is 0 Å². The van der Waals surface area contributed by atoms with Crippen LogP contribution >= 0.6 is 0 Å². The van der Waals surface area contributed by atoms with Gasteiger partial charge in [0.2, 0.25) is 0 Å². The van der Waals surface area contributed by atoms with Crippen LogP contribution in [0.5, 0.6) is 0 Å². The molecule has 1 heterocycles. The maximum Gasteiger partial charge on any atom is 0.340 e. The Kier molecular flexibility index (Phi) is 5.72. The number of hydrogen-bond acceptors (Lipinski definition) is 4. The summed E-state index contributed by atoms with van der Waals surface area (Å²) in [6.07, 6.45) is 2.51. The number of aromatic nitrogens is 1. The van der Waals surface area contributed by atoms with Crippen LogP contribution in [0.3, 0.4) is 0 Å². The van der Waals surface area contributed by atoms with Crippen LogP contribution in [0.25, 0.3) is 5.57 Å². The lowest BCUT2D eigenvalue weighted by atomic mass is 10.1. The molecule has 0 saturated heterocycles. The highest BCUT2D eigenvalue weighted by molar-refractivity contribution is 6.16. The summed E-state index contributed by atoms with van der Waals surface area (Å²) in [5.74, 6) is 0.352. The minimum Gasteiger partial charge on any atom is -0.462 e. The molecule has 22 heavy (non-hydrogen) atoms. The summed E-state index contributed by atoms with van der Waals surface area (Å²) < 4.78 is 5.12. The smallest absolute Gasteiger partial charge is 0.340 e. The van der Waals surface area contributed by atoms with Crippen LogP contribution in [0.15, 0.2) is 54.7 Å². The number of benzene rings is 1. The molecule has 0 aliphatic heterocycles. The summed E-state index contributed by atoms with van der Waals surface area (Å²) in [5.41, 5.74) is 2.28. The second kappa shape index (κ2) is 7.98. The van der Waals surface area contributed by atoms with E-state index >= 15 is 0 Å². The molecule has 0 aliphatic carbocycles. The summed E-state index contributed by atoms with van der Waals surface area (Å²) >= 11 is 0. The second-order valence-electron chi connectivity index (χ2n) is 4.66. The molecule has 0 radical (unpaired) electrons. The summed E-state index contributed by atoms with van der Waals surface area (Å²) in [7, 11) is 0. The number of rotatable bonds is 6. The third-order valence-electron chi connectivity index (χ3n) is 3.11. The van der Waals surface area contributed by atoms with E-state index in [1.165, 1.54) is 0 Å². The van der Waals surface area contributed by atoms with Gasteiger partial charge in [-0.25, -0.2) is 9.78 Å². The van der Waals surface area contributed by atoms with Gasteiger partial charge in [0.05, 0.1) is 12.2 Å². The number of aryl methyl sites for hydroxylation is 1. The fourth-order valence-electron chi connectivity index (χ4n) is 1.99. The fourth-order valence-corrected chi connectivity index (χ4v) is 1.99. The van der Waals surface area contributed by atoms with Gasteiger partial charge in [0, 0.05) is 11.9 Å². The Morgan fingerprint density at radius 1 is 1.14 bits per heavy atom. The van der Waals surface area contributed by atoms with Crippen LogP contribution in [0, 0.1) is 0 Å². The molecular formula is C18H20N2O2. The summed E-state index contributed by atoms with van der Waals surface area (Å²) in [4.78, 5) is 16.6. The molecule has 2 rings (SSSR count). The summed E-state index contributed by atoms with van der Waals surface area (Å²) in [6, 6.07) is 15.2. The van der Waals surface area contributed by atoms with Crippen LogP contribution in [-0.4, -0.2) is 17.6 Å². The zero-order valence-electron chi connectivity index (χ0n) is 12.9. The third-order valence-corrected chi connectivity index (χ3v) is 3.11. The molecule has 4 nitrogen and oxygen atoms in total. The van der Waals surface area contributed by atoms with E-state index < -0.39 is 0 Å². The Morgan fingerprint density at radius 3 is 2.59 bits per heavy atom. The van der Waals surface area contributed by atoms with Crippen molar-refractivity contribution in [3.8, 4) is 0 Å². The number of carbonyl (C=O) groups is 1. The third kappa shape index (κ3) is 4.19. The molecule has 1 aromatic heterocycles. The topological polar surface area (TPSA) is 51.2 Å². The first-order chi connectivity index (χ1) is 10.7. The number of ether oxygens (including phenoxy) is 1. The van der Waals surface area contributed by atoms with Crippen LogP contribution in [-0.2, 0) is 16.0 Å². The molecule has 0 aliphatic rings. The van der Waals surface area contributed by atoms with Crippen LogP contribution < -0.4 is 5.32 Å². The van der Waals surface area contributed by atoms with Gasteiger partial charge in [-0.2, -0.15) is 0 Å². The first-order valence-corrected chi connectivity index (χ1v) is 7.39. The Balaban J connectivity index is 2.26. The molecule has 1 aromatic carbocycles. The molecule has 0 bridgehead atoms. The number of hydrogen-bond donors (Lipinski definition) is 1. The van der Waals surface area contributed by atoms with Crippen LogP contribution in [0.4, 0.5) is 5.82 Å². The standard InChI is InChI=1S/C18H20N2O2/c1-3-15-11-8-12-17(20-15)19-13-16(18(21)22-4-2)14-9-6-5-7-10-14/h5-13H,3-4H2,1-2H3,(H,19,20)/b16-13-. The molecule has 0 fully saturated rings. The molecule has 0 unspecified atom stereocenters. The van der Waals surface area contributed by atoms with Crippen molar-refractivity contribution in [2.45, 2.75) is 20.3 Å². The Morgan fingerprint density at radius 2 is 1.91 bits per heavy atom. The number of esters is 1. The summed E-state index contributed by atoms with van der Waals surface area (Å²) in [6.45, 7) is 4.18. The predicted molar refractivity (Wildman–Crippen MR) is 88.3 cm³/mol. The van der Waals surface area contributed by atoms with Gasteiger partial charge in [0.25, 0.3) is 0 Å². The predicted octanol–water partition coefficient (Wildman–Crippen LogP) is 3.66. The highest BCUT2D eigenvalue weighted by atomic mass is 16.5. The van der Waals surface area contributed by atoms with Crippen molar-refractivity contribution in [3.63, 3.8) is 0 Å². The van der Waals surface area contributed by atoms with Crippen LogP contribution in [0.2, 0.25) is 0 Å². The van der Waals surface area contributed by atoms with Crippen molar-refractivity contribution in [2.75, 3.05) is 11.9 Å². The molecule has 0 atom stereocenters. The van der Waals surface area contributed by atoms with Gasteiger partial charge in [0.1, 0.15) is 5.82 Å². The largest absolute Gasteiger partial charge is 0.462 e. The van der Waals surface area contributed by atoms with Gasteiger partial charge in [-0.3, -0.25) is 0 Å². The fraction of sp³-hybridized carbons (Fsp3) is 0.222. The van der Waals surface area contributed by atoms with Gasteiger partial charge in [-0.05, 0) is 31.0 Å². The number of pyridine rings is 1. The van der Waals surface area contributed by atoms with E-state index in [9.17, 15) is 4.79 Å². The van der Waals surface area contributed by atoms with E-state index in [0.29, 0.717) is 18.0 Å². The molecular weight excluding hydrogens is 276 g/mol. The maximum atomic E-state index is 12.1. The average molecular weight is 296 g/mol. The van der Waals surface area contributed by atoms with E-state index in [2.05, 4.69) is 17.2 Å². The normalized spacial score (nSPS) is 11.1. The quantitative estimate of drug-likeness (QED) is 0.653. The van der Waals surface area contributed by atoms with Gasteiger partial charge in [-0.15, -0.1) is 0 Å². The number of carbonyl (C=O) groups excluding carboxylic acids is 1. The molecule has 0 amide bonds. The van der Waals surface area contributed by atoms with E-state index in [1.807, 2.05) is 48.5 Å².